The molecule has 1 unspecified atom stereocenters. The topological polar surface area (TPSA) is 78.3 Å². The zero-order valence-electron chi connectivity index (χ0n) is 14.9. The maximum Gasteiger partial charge on any atom is 0.253 e. The number of hydrogen-bond acceptors (Lipinski definition) is 5. The number of benzene rings is 2. The molecule has 140 valence electrons. The fraction of sp³-hybridized carbons (Fsp3) is 0.211. The van der Waals surface area contributed by atoms with Gasteiger partial charge in [0.15, 0.2) is 0 Å². The van der Waals surface area contributed by atoms with E-state index in [2.05, 4.69) is 31.3 Å². The normalized spacial score (nSPS) is 11.8. The van der Waals surface area contributed by atoms with Gasteiger partial charge < -0.3 is 14.8 Å². The first-order valence-electron chi connectivity index (χ1n) is 8.27. The molecular formula is C19H19BrN4O3. The van der Waals surface area contributed by atoms with Crippen LogP contribution >= 0.6 is 15.9 Å². The zero-order chi connectivity index (χ0) is 19.2. The quantitative estimate of drug-likeness (QED) is 0.619. The Morgan fingerprint density at radius 3 is 2.89 bits per heavy atom. The molecule has 1 aromatic heterocycles. The predicted molar refractivity (Wildman–Crippen MR) is 105 cm³/mol. The lowest BCUT2D eigenvalue weighted by Crippen LogP contribution is -2.28. The number of halogens is 1. The van der Waals surface area contributed by atoms with E-state index < -0.39 is 6.10 Å². The van der Waals surface area contributed by atoms with Gasteiger partial charge in [-0.3, -0.25) is 4.79 Å². The number of nitrogens with zero attached hydrogens (tertiary/aromatic N) is 3. The molecule has 0 saturated carbocycles. The first-order chi connectivity index (χ1) is 13.1. The number of nitrogens with one attached hydrogen (secondary N) is 1. The van der Waals surface area contributed by atoms with Crippen molar-refractivity contribution in [3.05, 3.63) is 65.2 Å². The van der Waals surface area contributed by atoms with Crippen LogP contribution in [0.2, 0.25) is 0 Å². The summed E-state index contributed by atoms with van der Waals surface area (Å²) in [5.74, 6) is 0.497. The zero-order valence-corrected chi connectivity index (χ0v) is 16.5. The van der Waals surface area contributed by atoms with Crippen molar-refractivity contribution in [2.45, 2.75) is 19.6 Å². The van der Waals surface area contributed by atoms with Crippen molar-refractivity contribution < 1.29 is 14.3 Å². The molecule has 8 heteroatoms. The van der Waals surface area contributed by atoms with Crippen molar-refractivity contribution in [1.29, 1.82) is 0 Å². The van der Waals surface area contributed by atoms with Gasteiger partial charge >= 0.3 is 0 Å². The fourth-order valence-corrected chi connectivity index (χ4v) is 2.80. The summed E-state index contributed by atoms with van der Waals surface area (Å²) >= 11 is 3.42. The largest absolute Gasteiger partial charge is 0.497 e. The molecule has 0 bridgehead atoms. The molecule has 0 saturated heterocycles. The molecule has 0 fully saturated rings. The van der Waals surface area contributed by atoms with E-state index in [0.29, 0.717) is 18.0 Å². The molecule has 0 aliphatic heterocycles. The molecule has 3 rings (SSSR count). The first kappa shape index (κ1) is 19.1. The predicted octanol–water partition coefficient (Wildman–Crippen LogP) is 3.58. The lowest BCUT2D eigenvalue weighted by atomic mass is 10.2. The molecule has 0 radical (unpaired) electrons. The smallest absolute Gasteiger partial charge is 0.253 e. The van der Waals surface area contributed by atoms with Crippen molar-refractivity contribution in [3.63, 3.8) is 0 Å². The third-order valence-electron chi connectivity index (χ3n) is 3.89. The van der Waals surface area contributed by atoms with Crippen LogP contribution in [0.15, 0.2) is 59.6 Å². The third-order valence-corrected chi connectivity index (χ3v) is 4.38. The van der Waals surface area contributed by atoms with Gasteiger partial charge in [-0.1, -0.05) is 28.1 Å². The number of hydrogen-bond donors (Lipinski definition) is 1. The Morgan fingerprint density at radius 1 is 1.30 bits per heavy atom. The van der Waals surface area contributed by atoms with Crippen LogP contribution in [0, 0.1) is 0 Å². The van der Waals surface area contributed by atoms with E-state index in [1.54, 1.807) is 25.0 Å². The molecular weight excluding hydrogens is 412 g/mol. The second kappa shape index (κ2) is 8.79. The Morgan fingerprint density at radius 2 is 2.15 bits per heavy atom. The number of amides is 1. The highest BCUT2D eigenvalue weighted by Gasteiger charge is 2.16. The number of anilines is 1. The highest BCUT2D eigenvalue weighted by Crippen LogP contribution is 2.24. The lowest BCUT2D eigenvalue weighted by Gasteiger charge is -2.16. The second-order valence-corrected chi connectivity index (χ2v) is 6.71. The number of aromatic nitrogens is 3. The average Bonchev–Trinajstić information content (AvgIpc) is 3.20. The van der Waals surface area contributed by atoms with Crippen LogP contribution in [0.1, 0.15) is 12.5 Å². The van der Waals surface area contributed by atoms with Crippen molar-refractivity contribution in [2.75, 3.05) is 12.4 Å². The lowest BCUT2D eigenvalue weighted by molar-refractivity contribution is -0.127. The molecule has 2 aromatic carbocycles. The maximum atomic E-state index is 12.6. The van der Waals surface area contributed by atoms with E-state index in [-0.39, 0.29) is 5.91 Å². The number of carbonyl (C=O) groups excluding carboxylic acids is 1. The van der Waals surface area contributed by atoms with E-state index in [0.717, 1.165) is 15.8 Å². The van der Waals surface area contributed by atoms with E-state index in [1.165, 1.54) is 6.33 Å². The minimum atomic E-state index is -0.640. The molecule has 0 spiro atoms. The number of methoxy groups -OCH3 is 1. The monoisotopic (exact) mass is 430 g/mol. The molecule has 0 aliphatic rings. The van der Waals surface area contributed by atoms with Crippen molar-refractivity contribution in [3.8, 4) is 11.4 Å². The van der Waals surface area contributed by atoms with Crippen LogP contribution in [0.3, 0.4) is 0 Å². The minimum Gasteiger partial charge on any atom is -0.497 e. The second-order valence-electron chi connectivity index (χ2n) is 5.80. The molecule has 0 aliphatic carbocycles. The molecule has 1 amide bonds. The van der Waals surface area contributed by atoms with Gasteiger partial charge in [0.1, 0.15) is 24.5 Å². The third kappa shape index (κ3) is 4.93. The van der Waals surface area contributed by atoms with Gasteiger partial charge in [-0.2, -0.15) is 5.10 Å². The summed E-state index contributed by atoms with van der Waals surface area (Å²) in [7, 11) is 1.61. The standard InChI is InChI=1S/C19H19BrN4O3/c1-13(27-10-14-4-3-5-16(8-14)26-2)19(25)23-17-9-15(20)6-7-18(17)24-12-21-11-22-24/h3-9,11-13H,10H2,1-2H3,(H,23,25). The SMILES string of the molecule is COc1cccc(COC(C)C(=O)Nc2cc(Br)ccc2-n2cncn2)c1. The van der Waals surface area contributed by atoms with Crippen LogP contribution in [-0.4, -0.2) is 33.9 Å². The highest BCUT2D eigenvalue weighted by molar-refractivity contribution is 9.10. The Balaban J connectivity index is 1.67. The van der Waals surface area contributed by atoms with Crippen molar-refractivity contribution in [1.82, 2.24) is 14.8 Å². The van der Waals surface area contributed by atoms with Gasteiger partial charge in [-0.25, -0.2) is 9.67 Å². The van der Waals surface area contributed by atoms with E-state index in [9.17, 15) is 4.79 Å². The summed E-state index contributed by atoms with van der Waals surface area (Å²) in [5.41, 5.74) is 2.25. The van der Waals surface area contributed by atoms with Gasteiger partial charge in [0.05, 0.1) is 25.1 Å². The van der Waals surface area contributed by atoms with Gasteiger partial charge in [-0.05, 0) is 42.8 Å². The summed E-state index contributed by atoms with van der Waals surface area (Å²) in [6, 6.07) is 13.1. The average molecular weight is 431 g/mol. The highest BCUT2D eigenvalue weighted by atomic mass is 79.9. The van der Waals surface area contributed by atoms with Crippen LogP contribution in [0.4, 0.5) is 5.69 Å². The molecule has 1 N–H and O–H groups in total. The summed E-state index contributed by atoms with van der Waals surface area (Å²) in [4.78, 5) is 16.5. The van der Waals surface area contributed by atoms with Crippen molar-refractivity contribution >= 4 is 27.5 Å². The Bertz CT molecular complexity index is 915. The Labute approximate surface area is 165 Å². The van der Waals surface area contributed by atoms with Crippen LogP contribution < -0.4 is 10.1 Å². The van der Waals surface area contributed by atoms with Crippen LogP contribution in [-0.2, 0) is 16.1 Å². The van der Waals surface area contributed by atoms with Crippen molar-refractivity contribution in [2.24, 2.45) is 0 Å². The molecule has 1 heterocycles. The van der Waals surface area contributed by atoms with E-state index in [4.69, 9.17) is 9.47 Å². The Kier molecular flexibility index (Phi) is 6.20. The molecule has 7 nitrogen and oxygen atoms in total. The van der Waals surface area contributed by atoms with Gasteiger partial charge in [0.2, 0.25) is 0 Å². The summed E-state index contributed by atoms with van der Waals surface area (Å²) in [6.07, 6.45) is 2.37. The Hall–Kier alpha value is -2.71. The summed E-state index contributed by atoms with van der Waals surface area (Å²) in [6.45, 7) is 2.02. The fourth-order valence-electron chi connectivity index (χ4n) is 2.43. The number of rotatable bonds is 7. The number of carbonyl (C=O) groups is 1. The van der Waals surface area contributed by atoms with E-state index in [1.807, 2.05) is 42.5 Å². The number of ether oxygens (including phenoxy) is 2. The summed E-state index contributed by atoms with van der Waals surface area (Å²) < 4.78 is 13.3. The van der Waals surface area contributed by atoms with Gasteiger partial charge in [0, 0.05) is 4.47 Å². The van der Waals surface area contributed by atoms with Crippen LogP contribution in [0.5, 0.6) is 5.75 Å². The van der Waals surface area contributed by atoms with Gasteiger partial charge in [-0.15, -0.1) is 0 Å². The minimum absolute atomic E-state index is 0.252. The van der Waals surface area contributed by atoms with E-state index >= 15 is 0 Å². The first-order valence-corrected chi connectivity index (χ1v) is 9.06. The molecule has 27 heavy (non-hydrogen) atoms. The maximum absolute atomic E-state index is 12.6. The molecule has 3 aromatic rings. The van der Waals surface area contributed by atoms with Crippen LogP contribution in [0.25, 0.3) is 5.69 Å². The molecule has 1 atom stereocenters. The summed E-state index contributed by atoms with van der Waals surface area (Å²) in [5, 5.41) is 7.01. The van der Waals surface area contributed by atoms with Gasteiger partial charge in [0.25, 0.3) is 5.91 Å².